The Labute approximate surface area is 279 Å². The smallest absolute Gasteiger partial charge is 0.232 e. The van der Waals surface area contributed by atoms with Crippen LogP contribution in [0.1, 0.15) is 76.1 Å². The van der Waals surface area contributed by atoms with Crippen LogP contribution in [0.15, 0.2) is 60.7 Å². The van der Waals surface area contributed by atoms with Gasteiger partial charge < -0.3 is 24.6 Å². The molecule has 1 N–H and O–H groups in total. The minimum Gasteiger partial charge on any atom is -0.493 e. The van der Waals surface area contributed by atoms with Crippen LogP contribution in [0.3, 0.4) is 0 Å². The average molecular weight is 646 g/mol. The average Bonchev–Trinajstić information content (AvgIpc) is 3.04. The Morgan fingerprint density at radius 1 is 1.02 bits per heavy atom. The second-order valence-corrected chi connectivity index (χ2v) is 13.6. The quantitative estimate of drug-likeness (QED) is 0.218. The molecule has 3 unspecified atom stereocenters. The van der Waals surface area contributed by atoms with Gasteiger partial charge in [-0.05, 0) is 116 Å². The van der Waals surface area contributed by atoms with Crippen molar-refractivity contribution in [3.63, 3.8) is 0 Å². The largest absolute Gasteiger partial charge is 0.493 e. The summed E-state index contributed by atoms with van der Waals surface area (Å²) < 4.78 is 12.0. The van der Waals surface area contributed by atoms with Crippen molar-refractivity contribution >= 4 is 34.7 Å². The highest BCUT2D eigenvalue weighted by Gasteiger charge is 2.37. The molecule has 1 saturated heterocycles. The number of rotatable bonds is 12. The third-order valence-electron chi connectivity index (χ3n) is 9.40. The first kappa shape index (κ1) is 33.8. The third-order valence-corrected chi connectivity index (χ3v) is 9.65. The molecule has 7 nitrogen and oxygen atoms in total. The van der Waals surface area contributed by atoms with Crippen LogP contribution in [0.5, 0.6) is 11.5 Å². The van der Waals surface area contributed by atoms with Gasteiger partial charge in [-0.15, -0.1) is 0 Å². The number of Topliss-reactive ketones (excluding diaryl/α,β-unsaturated/α-hetero) is 1. The van der Waals surface area contributed by atoms with Gasteiger partial charge in [-0.2, -0.15) is 0 Å². The number of ether oxygens (including phenoxy) is 2. The Kier molecular flexibility index (Phi) is 11.0. The molecule has 46 heavy (non-hydrogen) atoms. The highest BCUT2D eigenvalue weighted by atomic mass is 35.5. The van der Waals surface area contributed by atoms with Crippen LogP contribution in [0.2, 0.25) is 5.02 Å². The van der Waals surface area contributed by atoms with Gasteiger partial charge in [0.05, 0.1) is 31.7 Å². The summed E-state index contributed by atoms with van der Waals surface area (Å²) in [4.78, 5) is 31.6. The molecular formula is C38H48ClN3O4. The van der Waals surface area contributed by atoms with Gasteiger partial charge in [-0.3, -0.25) is 9.59 Å². The first-order chi connectivity index (χ1) is 22.1. The number of methoxy groups -OCH3 is 1. The summed E-state index contributed by atoms with van der Waals surface area (Å²) in [6.45, 7) is 10.2. The van der Waals surface area contributed by atoms with Crippen molar-refractivity contribution < 1.29 is 19.1 Å². The van der Waals surface area contributed by atoms with E-state index in [4.69, 9.17) is 21.1 Å². The number of carbonyl (C=O) groups is 2. The van der Waals surface area contributed by atoms with E-state index in [2.05, 4.69) is 31.0 Å². The Bertz CT molecular complexity index is 1500. The van der Waals surface area contributed by atoms with Gasteiger partial charge in [0.2, 0.25) is 5.91 Å². The van der Waals surface area contributed by atoms with Crippen molar-refractivity contribution in [3.8, 4) is 11.5 Å². The van der Waals surface area contributed by atoms with E-state index in [-0.39, 0.29) is 24.5 Å². The molecular weight excluding hydrogens is 598 g/mol. The zero-order valence-electron chi connectivity index (χ0n) is 28.0. The van der Waals surface area contributed by atoms with Crippen molar-refractivity contribution in [3.05, 3.63) is 82.4 Å². The molecule has 0 radical (unpaired) electrons. The molecule has 3 aromatic rings. The Morgan fingerprint density at radius 2 is 1.70 bits per heavy atom. The molecule has 2 aliphatic heterocycles. The van der Waals surface area contributed by atoms with E-state index in [0.717, 1.165) is 60.4 Å². The van der Waals surface area contributed by atoms with Crippen molar-refractivity contribution in [2.45, 2.75) is 78.0 Å². The van der Waals surface area contributed by atoms with E-state index in [9.17, 15) is 9.59 Å². The first-order valence-electron chi connectivity index (χ1n) is 16.6. The molecule has 3 aromatic carbocycles. The molecule has 3 atom stereocenters. The van der Waals surface area contributed by atoms with Crippen molar-refractivity contribution in [2.24, 2.45) is 11.8 Å². The number of benzene rings is 3. The predicted molar refractivity (Wildman–Crippen MR) is 187 cm³/mol. The SMILES string of the molecule is CCC(C)Oc1cc2c(cc1OC)CC(=O)N(c1ccc(N(C)C(C(=O)CC(C)C)C3CCNCC3)cc1)C2c1ccc(Cl)cc1. The molecule has 0 aromatic heterocycles. The van der Waals surface area contributed by atoms with Gasteiger partial charge >= 0.3 is 0 Å². The van der Waals surface area contributed by atoms with Crippen LogP contribution in [0, 0.1) is 11.8 Å². The van der Waals surface area contributed by atoms with E-state index >= 15 is 0 Å². The van der Waals surface area contributed by atoms with Crippen LogP contribution in [0.4, 0.5) is 11.4 Å². The maximum Gasteiger partial charge on any atom is 0.232 e. The molecule has 1 amide bonds. The Hall–Kier alpha value is -3.55. The third kappa shape index (κ3) is 7.37. The van der Waals surface area contributed by atoms with E-state index < -0.39 is 6.04 Å². The predicted octanol–water partition coefficient (Wildman–Crippen LogP) is 7.62. The fourth-order valence-corrected chi connectivity index (χ4v) is 6.99. The van der Waals surface area contributed by atoms with Gasteiger partial charge in [0, 0.05) is 29.9 Å². The normalized spacial score (nSPS) is 18.2. The van der Waals surface area contributed by atoms with Gasteiger partial charge in [0.25, 0.3) is 0 Å². The summed E-state index contributed by atoms with van der Waals surface area (Å²) in [6, 6.07) is 19.2. The second kappa shape index (κ2) is 14.9. The summed E-state index contributed by atoms with van der Waals surface area (Å²) in [5.41, 5.74) is 4.61. The number of hydrogen-bond donors (Lipinski definition) is 1. The van der Waals surface area contributed by atoms with Crippen LogP contribution in [-0.2, 0) is 16.0 Å². The number of nitrogens with one attached hydrogen (secondary N) is 1. The lowest BCUT2D eigenvalue weighted by Gasteiger charge is -2.39. The molecule has 8 heteroatoms. The van der Waals surface area contributed by atoms with Crippen molar-refractivity contribution in [2.75, 3.05) is 37.0 Å². The number of piperidine rings is 1. The lowest BCUT2D eigenvalue weighted by molar-refractivity contribution is -0.122. The molecule has 0 aliphatic carbocycles. The van der Waals surface area contributed by atoms with Crippen LogP contribution < -0.4 is 24.6 Å². The molecule has 2 heterocycles. The topological polar surface area (TPSA) is 71.1 Å². The fourth-order valence-electron chi connectivity index (χ4n) is 6.86. The number of carbonyl (C=O) groups excluding carboxylic acids is 2. The molecule has 246 valence electrons. The molecule has 0 bridgehead atoms. The summed E-state index contributed by atoms with van der Waals surface area (Å²) in [5, 5.41) is 4.07. The van der Waals surface area contributed by atoms with E-state index in [1.165, 1.54) is 0 Å². The van der Waals surface area contributed by atoms with E-state index in [1.54, 1.807) is 7.11 Å². The number of ketones is 1. The summed E-state index contributed by atoms with van der Waals surface area (Å²) in [6.07, 6.45) is 3.63. The van der Waals surface area contributed by atoms with E-state index in [0.29, 0.717) is 40.6 Å². The number of nitrogens with zero attached hydrogens (tertiary/aromatic N) is 2. The number of likely N-dealkylation sites (N-methyl/N-ethyl adjacent to an activating group) is 1. The minimum atomic E-state index is -0.391. The number of fused-ring (bicyclic) bond motifs is 1. The highest BCUT2D eigenvalue weighted by Crippen LogP contribution is 2.44. The van der Waals surface area contributed by atoms with Gasteiger partial charge in [0.15, 0.2) is 17.3 Å². The van der Waals surface area contributed by atoms with Gasteiger partial charge in [-0.25, -0.2) is 0 Å². The van der Waals surface area contributed by atoms with Crippen molar-refractivity contribution in [1.82, 2.24) is 5.32 Å². The summed E-state index contributed by atoms with van der Waals surface area (Å²) in [7, 11) is 3.66. The number of hydrogen-bond acceptors (Lipinski definition) is 6. The standard InChI is InChI=1S/C38H48ClN3O4/c1-7-25(4)46-35-23-32-28(21-34(35)45-6)22-36(44)42(37(32)26-8-10-29(39)11-9-26)31-14-12-30(13-15-31)41(5)38(33(43)20-24(2)3)27-16-18-40-19-17-27/h8-15,21,23-25,27,37-38,40H,7,16-20,22H2,1-6H3. The lowest BCUT2D eigenvalue weighted by Crippen LogP contribution is -2.48. The summed E-state index contributed by atoms with van der Waals surface area (Å²) >= 11 is 6.30. The maximum absolute atomic E-state index is 14.0. The highest BCUT2D eigenvalue weighted by molar-refractivity contribution is 6.30. The lowest BCUT2D eigenvalue weighted by atomic mass is 9.84. The monoisotopic (exact) mass is 645 g/mol. The fraction of sp³-hybridized carbons (Fsp3) is 0.474. The number of anilines is 2. The number of amides is 1. The first-order valence-corrected chi connectivity index (χ1v) is 17.0. The second-order valence-electron chi connectivity index (χ2n) is 13.2. The van der Waals surface area contributed by atoms with Gasteiger partial charge in [-0.1, -0.05) is 44.5 Å². The molecule has 0 spiro atoms. The zero-order valence-corrected chi connectivity index (χ0v) is 28.8. The molecule has 2 aliphatic rings. The number of halogens is 1. The maximum atomic E-state index is 14.0. The Morgan fingerprint density at radius 3 is 2.30 bits per heavy atom. The molecule has 0 saturated carbocycles. The Balaban J connectivity index is 1.53. The van der Waals surface area contributed by atoms with Crippen LogP contribution in [-0.4, -0.2) is 51.1 Å². The van der Waals surface area contributed by atoms with Crippen LogP contribution >= 0.6 is 11.6 Å². The van der Waals surface area contributed by atoms with Gasteiger partial charge in [0.1, 0.15) is 0 Å². The van der Waals surface area contributed by atoms with E-state index in [1.807, 2.05) is 79.5 Å². The molecule has 5 rings (SSSR count). The molecule has 1 fully saturated rings. The minimum absolute atomic E-state index is 0.00732. The zero-order chi connectivity index (χ0) is 33.0. The van der Waals surface area contributed by atoms with Crippen molar-refractivity contribution in [1.29, 1.82) is 0 Å². The summed E-state index contributed by atoms with van der Waals surface area (Å²) in [5.74, 6) is 2.18. The van der Waals surface area contributed by atoms with Crippen LogP contribution in [0.25, 0.3) is 0 Å².